The third kappa shape index (κ3) is 3.41. The van der Waals surface area contributed by atoms with E-state index in [9.17, 15) is 0 Å². The number of hydrogen-bond donors (Lipinski definition) is 1. The van der Waals surface area contributed by atoms with Crippen molar-refractivity contribution in [3.63, 3.8) is 0 Å². The maximum absolute atomic E-state index is 5.66. The molecule has 0 radical (unpaired) electrons. The molecule has 3 rings (SSSR count). The molecule has 1 saturated carbocycles. The summed E-state index contributed by atoms with van der Waals surface area (Å²) in [6, 6.07) is 7.04. The third-order valence-electron chi connectivity index (χ3n) is 3.94. The summed E-state index contributed by atoms with van der Waals surface area (Å²) in [5, 5.41) is 4.31. The number of nitrogens with one attached hydrogen (secondary N) is 1. The highest BCUT2D eigenvalue weighted by Crippen LogP contribution is 2.38. The minimum absolute atomic E-state index is 0.659. The molecule has 0 bridgehead atoms. The predicted molar refractivity (Wildman–Crippen MR) is 83.0 cm³/mol. The molecule has 1 heterocycles. The summed E-state index contributed by atoms with van der Waals surface area (Å²) in [6.45, 7) is 4.59. The summed E-state index contributed by atoms with van der Waals surface area (Å²) < 4.78 is 11.2. The van der Waals surface area contributed by atoms with E-state index in [4.69, 9.17) is 9.47 Å². The second kappa shape index (κ2) is 6.72. The zero-order chi connectivity index (χ0) is 13.8. The summed E-state index contributed by atoms with van der Waals surface area (Å²) in [5.74, 6) is 1.79. The van der Waals surface area contributed by atoms with E-state index in [2.05, 4.69) is 24.4 Å². The molecular weight excluding hydrogens is 270 g/mol. The molecule has 0 spiro atoms. The molecule has 3 nitrogen and oxygen atoms in total. The number of fused-ring (bicyclic) bond motifs is 1. The Kier molecular flexibility index (Phi) is 4.73. The summed E-state index contributed by atoms with van der Waals surface area (Å²) in [7, 11) is 0. The first-order valence-corrected chi connectivity index (χ1v) is 8.53. The van der Waals surface area contributed by atoms with Crippen LogP contribution in [0.1, 0.15) is 32.6 Å². The van der Waals surface area contributed by atoms with Crippen LogP contribution in [-0.2, 0) is 0 Å². The van der Waals surface area contributed by atoms with Crippen molar-refractivity contribution in [3.05, 3.63) is 18.2 Å². The maximum atomic E-state index is 5.66. The van der Waals surface area contributed by atoms with Crippen LogP contribution in [0.2, 0.25) is 0 Å². The molecule has 0 saturated heterocycles. The molecule has 1 N–H and O–H groups in total. The Balaban J connectivity index is 1.62. The Hall–Kier alpha value is -0.870. The first-order valence-electron chi connectivity index (χ1n) is 7.65. The van der Waals surface area contributed by atoms with Crippen LogP contribution in [0.5, 0.6) is 11.5 Å². The molecular formula is C16H23NO2S. The molecule has 0 amide bonds. The van der Waals surface area contributed by atoms with Gasteiger partial charge in [-0.2, -0.15) is 0 Å². The van der Waals surface area contributed by atoms with Crippen molar-refractivity contribution in [3.8, 4) is 11.5 Å². The van der Waals surface area contributed by atoms with Crippen LogP contribution in [-0.4, -0.2) is 31.1 Å². The predicted octanol–water partition coefficient (Wildman–Crippen LogP) is 3.47. The van der Waals surface area contributed by atoms with Crippen LogP contribution in [0.4, 0.5) is 0 Å². The smallest absolute Gasteiger partial charge is 0.162 e. The minimum Gasteiger partial charge on any atom is -0.486 e. The van der Waals surface area contributed by atoms with E-state index < -0.39 is 0 Å². The van der Waals surface area contributed by atoms with Gasteiger partial charge in [0.1, 0.15) is 13.2 Å². The van der Waals surface area contributed by atoms with Crippen molar-refractivity contribution in [2.24, 2.45) is 0 Å². The molecule has 1 aliphatic carbocycles. The van der Waals surface area contributed by atoms with Crippen LogP contribution < -0.4 is 14.8 Å². The van der Waals surface area contributed by atoms with E-state index in [0.29, 0.717) is 19.3 Å². The lowest BCUT2D eigenvalue weighted by Crippen LogP contribution is -2.34. The van der Waals surface area contributed by atoms with Gasteiger partial charge in [-0.25, -0.2) is 0 Å². The molecule has 2 atom stereocenters. The highest BCUT2D eigenvalue weighted by atomic mass is 32.2. The molecule has 0 aromatic heterocycles. The molecule has 1 aromatic rings. The van der Waals surface area contributed by atoms with E-state index in [1.807, 2.05) is 17.8 Å². The average Bonchev–Trinajstić information content (AvgIpc) is 2.48. The van der Waals surface area contributed by atoms with E-state index >= 15 is 0 Å². The Labute approximate surface area is 125 Å². The number of rotatable bonds is 4. The SMILES string of the molecule is CCNC1CCCC(Sc2ccc3c(c2)OCCO3)C1. The van der Waals surface area contributed by atoms with Gasteiger partial charge in [-0.15, -0.1) is 11.8 Å². The molecule has 110 valence electrons. The maximum Gasteiger partial charge on any atom is 0.162 e. The molecule has 1 aromatic carbocycles. The van der Waals surface area contributed by atoms with E-state index in [1.165, 1.54) is 30.6 Å². The molecule has 20 heavy (non-hydrogen) atoms. The lowest BCUT2D eigenvalue weighted by molar-refractivity contribution is 0.171. The largest absolute Gasteiger partial charge is 0.486 e. The van der Waals surface area contributed by atoms with Gasteiger partial charge in [0.05, 0.1) is 0 Å². The highest BCUT2D eigenvalue weighted by Gasteiger charge is 2.22. The standard InChI is InChI=1S/C16H23NO2S/c1-2-17-12-4-3-5-13(10-12)20-14-6-7-15-16(11-14)19-9-8-18-15/h6-7,11-13,17H,2-5,8-10H2,1H3. The van der Waals surface area contributed by atoms with Crippen molar-refractivity contribution in [2.45, 2.75) is 48.8 Å². The van der Waals surface area contributed by atoms with E-state index in [-0.39, 0.29) is 0 Å². The lowest BCUT2D eigenvalue weighted by Gasteiger charge is -2.29. The Morgan fingerprint density at radius 1 is 1.20 bits per heavy atom. The van der Waals surface area contributed by atoms with Gasteiger partial charge in [0.15, 0.2) is 11.5 Å². The van der Waals surface area contributed by atoms with Gasteiger partial charge >= 0.3 is 0 Å². The van der Waals surface area contributed by atoms with Gasteiger partial charge in [-0.05, 0) is 44.0 Å². The highest BCUT2D eigenvalue weighted by molar-refractivity contribution is 8.00. The fraction of sp³-hybridized carbons (Fsp3) is 0.625. The average molecular weight is 293 g/mol. The van der Waals surface area contributed by atoms with Crippen molar-refractivity contribution in [2.75, 3.05) is 19.8 Å². The number of ether oxygens (including phenoxy) is 2. The molecule has 4 heteroatoms. The van der Waals surface area contributed by atoms with Crippen molar-refractivity contribution >= 4 is 11.8 Å². The minimum atomic E-state index is 0.659. The van der Waals surface area contributed by atoms with Gasteiger partial charge < -0.3 is 14.8 Å². The summed E-state index contributed by atoms with van der Waals surface area (Å²) in [4.78, 5) is 1.30. The monoisotopic (exact) mass is 293 g/mol. The van der Waals surface area contributed by atoms with E-state index in [1.54, 1.807) is 0 Å². The zero-order valence-corrected chi connectivity index (χ0v) is 12.9. The van der Waals surface area contributed by atoms with Gasteiger partial charge in [0.25, 0.3) is 0 Å². The fourth-order valence-electron chi connectivity index (χ4n) is 3.02. The molecule has 1 aliphatic heterocycles. The Bertz CT molecular complexity index is 450. The van der Waals surface area contributed by atoms with Gasteiger partial charge in [0.2, 0.25) is 0 Å². The normalized spacial score (nSPS) is 25.4. The number of thioether (sulfide) groups is 1. The summed E-state index contributed by atoms with van der Waals surface area (Å²) in [5.41, 5.74) is 0. The third-order valence-corrected chi connectivity index (χ3v) is 5.22. The Morgan fingerprint density at radius 3 is 2.90 bits per heavy atom. The first kappa shape index (κ1) is 14.1. The number of hydrogen-bond acceptors (Lipinski definition) is 4. The topological polar surface area (TPSA) is 30.5 Å². The van der Waals surface area contributed by atoms with Crippen molar-refractivity contribution in [1.82, 2.24) is 5.32 Å². The quantitative estimate of drug-likeness (QED) is 0.921. The van der Waals surface area contributed by atoms with Crippen LogP contribution >= 0.6 is 11.8 Å². The number of benzene rings is 1. The first-order chi connectivity index (χ1) is 9.85. The summed E-state index contributed by atoms with van der Waals surface area (Å²) in [6.07, 6.45) is 5.25. The zero-order valence-electron chi connectivity index (χ0n) is 12.1. The van der Waals surface area contributed by atoms with Gasteiger partial charge in [0, 0.05) is 16.2 Å². The van der Waals surface area contributed by atoms with E-state index in [0.717, 1.165) is 23.3 Å². The molecule has 2 aliphatic rings. The van der Waals surface area contributed by atoms with Crippen LogP contribution in [0.25, 0.3) is 0 Å². The second-order valence-electron chi connectivity index (χ2n) is 5.47. The fourth-order valence-corrected chi connectivity index (χ4v) is 4.34. The summed E-state index contributed by atoms with van der Waals surface area (Å²) >= 11 is 1.99. The van der Waals surface area contributed by atoms with Crippen molar-refractivity contribution < 1.29 is 9.47 Å². The molecule has 2 unspecified atom stereocenters. The van der Waals surface area contributed by atoms with Gasteiger partial charge in [-0.1, -0.05) is 13.3 Å². The molecule has 1 fully saturated rings. The van der Waals surface area contributed by atoms with Gasteiger partial charge in [-0.3, -0.25) is 0 Å². The van der Waals surface area contributed by atoms with Crippen molar-refractivity contribution in [1.29, 1.82) is 0 Å². The Morgan fingerprint density at radius 2 is 2.05 bits per heavy atom. The van der Waals surface area contributed by atoms with Crippen LogP contribution in [0.3, 0.4) is 0 Å². The lowest BCUT2D eigenvalue weighted by atomic mass is 9.95. The van der Waals surface area contributed by atoms with Crippen LogP contribution in [0, 0.1) is 0 Å². The second-order valence-corrected chi connectivity index (χ2v) is 6.84. The van der Waals surface area contributed by atoms with Crippen LogP contribution in [0.15, 0.2) is 23.1 Å².